The predicted molar refractivity (Wildman–Crippen MR) is 62.3 cm³/mol. The van der Waals surface area contributed by atoms with Crippen LogP contribution in [0.5, 0.6) is 5.75 Å². The maximum absolute atomic E-state index is 11.9. The summed E-state index contributed by atoms with van der Waals surface area (Å²) in [5.74, 6) is -0.332. The molecule has 1 N–H and O–H groups in total. The molecule has 1 aromatic heterocycles. The lowest BCUT2D eigenvalue weighted by Crippen LogP contribution is -2.34. The van der Waals surface area contributed by atoms with E-state index in [1.807, 2.05) is 0 Å². The molecule has 16 heavy (non-hydrogen) atoms. The first kappa shape index (κ1) is 12.5. The molecule has 0 aromatic carbocycles. The summed E-state index contributed by atoms with van der Waals surface area (Å²) >= 11 is 0. The molecule has 0 radical (unpaired) electrons. The van der Waals surface area contributed by atoms with Crippen molar-refractivity contribution in [3.8, 4) is 5.75 Å². The Bertz CT molecular complexity index is 383. The Morgan fingerprint density at radius 3 is 2.62 bits per heavy atom. The Balaban J connectivity index is 2.83. The van der Waals surface area contributed by atoms with Gasteiger partial charge in [0.05, 0.1) is 0 Å². The molecular weight excluding hydrogens is 204 g/mol. The van der Waals surface area contributed by atoms with Crippen LogP contribution in [0.4, 0.5) is 0 Å². The molecule has 4 nitrogen and oxygen atoms in total. The topological polar surface area (TPSA) is 53.4 Å². The summed E-state index contributed by atoms with van der Waals surface area (Å²) < 4.78 is 0. The highest BCUT2D eigenvalue weighted by Crippen LogP contribution is 2.18. The van der Waals surface area contributed by atoms with Gasteiger partial charge in [-0.3, -0.25) is 4.79 Å². The van der Waals surface area contributed by atoms with E-state index in [-0.39, 0.29) is 22.8 Å². The molecule has 0 fully saturated rings. The normalized spacial score (nSPS) is 11.2. The molecule has 0 aliphatic carbocycles. The van der Waals surface area contributed by atoms with Crippen LogP contribution in [0.15, 0.2) is 18.3 Å². The van der Waals surface area contributed by atoms with Crippen LogP contribution in [0, 0.1) is 5.41 Å². The van der Waals surface area contributed by atoms with E-state index in [1.54, 1.807) is 18.0 Å². The molecule has 0 unspecified atom stereocenters. The van der Waals surface area contributed by atoms with E-state index >= 15 is 0 Å². The zero-order valence-corrected chi connectivity index (χ0v) is 10.2. The third-order valence-electron chi connectivity index (χ3n) is 2.05. The quantitative estimate of drug-likeness (QED) is 0.831. The molecule has 4 heteroatoms. The molecule has 1 amide bonds. The standard InChI is InChI=1S/C12H18N2O2/c1-12(2,3)8-14(4)11(16)10-9(15)6-5-7-13-10/h5-7,15H,8H2,1-4H3. The van der Waals surface area contributed by atoms with Crippen LogP contribution in [-0.2, 0) is 0 Å². The number of amides is 1. The Kier molecular flexibility index (Phi) is 3.52. The number of hydrogen-bond donors (Lipinski definition) is 1. The minimum Gasteiger partial charge on any atom is -0.505 e. The van der Waals surface area contributed by atoms with E-state index in [0.717, 1.165) is 0 Å². The van der Waals surface area contributed by atoms with E-state index in [0.29, 0.717) is 6.54 Å². The van der Waals surface area contributed by atoms with Gasteiger partial charge in [-0.25, -0.2) is 4.98 Å². The van der Waals surface area contributed by atoms with Gasteiger partial charge in [0.15, 0.2) is 5.69 Å². The van der Waals surface area contributed by atoms with Gasteiger partial charge >= 0.3 is 0 Å². The van der Waals surface area contributed by atoms with Gasteiger partial charge in [-0.2, -0.15) is 0 Å². The summed E-state index contributed by atoms with van der Waals surface area (Å²) in [6.45, 7) is 6.76. The molecule has 0 aliphatic heterocycles. The maximum Gasteiger partial charge on any atom is 0.276 e. The summed E-state index contributed by atoms with van der Waals surface area (Å²) in [4.78, 5) is 17.4. The van der Waals surface area contributed by atoms with Gasteiger partial charge in [-0.15, -0.1) is 0 Å². The first-order valence-corrected chi connectivity index (χ1v) is 5.21. The minimum atomic E-state index is -0.256. The van der Waals surface area contributed by atoms with Gasteiger partial charge in [0.25, 0.3) is 5.91 Å². The second-order valence-electron chi connectivity index (χ2n) is 5.09. The zero-order valence-electron chi connectivity index (χ0n) is 10.2. The van der Waals surface area contributed by atoms with E-state index in [9.17, 15) is 9.90 Å². The fraction of sp³-hybridized carbons (Fsp3) is 0.500. The van der Waals surface area contributed by atoms with Gasteiger partial charge < -0.3 is 10.0 Å². The second kappa shape index (κ2) is 4.51. The molecule has 0 aliphatic rings. The number of carbonyl (C=O) groups excluding carboxylic acids is 1. The number of aromatic hydroxyl groups is 1. The van der Waals surface area contributed by atoms with Gasteiger partial charge in [0.2, 0.25) is 0 Å². The van der Waals surface area contributed by atoms with Gasteiger partial charge in [0.1, 0.15) is 5.75 Å². The van der Waals surface area contributed by atoms with Gasteiger partial charge in [-0.05, 0) is 17.5 Å². The molecule has 1 aromatic rings. The summed E-state index contributed by atoms with van der Waals surface area (Å²) in [5, 5.41) is 9.52. The van der Waals surface area contributed by atoms with Gasteiger partial charge in [0, 0.05) is 19.8 Å². The van der Waals surface area contributed by atoms with E-state index in [4.69, 9.17) is 0 Å². The largest absolute Gasteiger partial charge is 0.505 e. The van der Waals surface area contributed by atoms with Crippen molar-refractivity contribution >= 4 is 5.91 Å². The Morgan fingerprint density at radius 1 is 1.50 bits per heavy atom. The highest BCUT2D eigenvalue weighted by atomic mass is 16.3. The smallest absolute Gasteiger partial charge is 0.276 e. The number of carbonyl (C=O) groups is 1. The average molecular weight is 222 g/mol. The minimum absolute atomic E-state index is 0.0226. The van der Waals surface area contributed by atoms with Crippen molar-refractivity contribution in [2.24, 2.45) is 5.41 Å². The number of nitrogens with zero attached hydrogens (tertiary/aromatic N) is 2. The van der Waals surface area contributed by atoms with Crippen molar-refractivity contribution in [2.45, 2.75) is 20.8 Å². The molecule has 1 heterocycles. The lowest BCUT2D eigenvalue weighted by Gasteiger charge is -2.26. The van der Waals surface area contributed by atoms with Crippen LogP contribution >= 0.6 is 0 Å². The number of pyridine rings is 1. The number of aromatic nitrogens is 1. The number of hydrogen-bond acceptors (Lipinski definition) is 3. The summed E-state index contributed by atoms with van der Waals surface area (Å²) in [6.07, 6.45) is 1.50. The van der Waals surface area contributed by atoms with Crippen LogP contribution in [0.3, 0.4) is 0 Å². The lowest BCUT2D eigenvalue weighted by molar-refractivity contribution is 0.0736. The first-order chi connectivity index (χ1) is 7.31. The average Bonchev–Trinajstić information content (AvgIpc) is 2.15. The van der Waals surface area contributed by atoms with E-state index < -0.39 is 0 Å². The Labute approximate surface area is 95.9 Å². The van der Waals surface area contributed by atoms with Crippen molar-refractivity contribution in [2.75, 3.05) is 13.6 Å². The van der Waals surface area contributed by atoms with Crippen LogP contribution in [0.25, 0.3) is 0 Å². The van der Waals surface area contributed by atoms with Crippen LogP contribution in [0.2, 0.25) is 0 Å². The third kappa shape index (κ3) is 3.22. The van der Waals surface area contributed by atoms with Crippen molar-refractivity contribution < 1.29 is 9.90 Å². The first-order valence-electron chi connectivity index (χ1n) is 5.21. The van der Waals surface area contributed by atoms with Crippen LogP contribution in [-0.4, -0.2) is 34.5 Å². The van der Waals surface area contributed by atoms with Crippen LogP contribution in [0.1, 0.15) is 31.3 Å². The zero-order chi connectivity index (χ0) is 12.3. The fourth-order valence-electron chi connectivity index (χ4n) is 1.53. The molecule has 88 valence electrons. The molecule has 0 saturated heterocycles. The van der Waals surface area contributed by atoms with Crippen molar-refractivity contribution in [1.29, 1.82) is 0 Å². The fourth-order valence-corrected chi connectivity index (χ4v) is 1.53. The van der Waals surface area contributed by atoms with E-state index in [1.165, 1.54) is 12.3 Å². The SMILES string of the molecule is CN(CC(C)(C)C)C(=O)c1ncccc1O. The molecule has 0 saturated carbocycles. The molecular formula is C12H18N2O2. The Hall–Kier alpha value is -1.58. The predicted octanol–water partition coefficient (Wildman–Crippen LogP) is 1.91. The highest BCUT2D eigenvalue weighted by molar-refractivity contribution is 5.94. The second-order valence-corrected chi connectivity index (χ2v) is 5.09. The lowest BCUT2D eigenvalue weighted by atomic mass is 9.96. The molecule has 0 bridgehead atoms. The number of rotatable bonds is 2. The summed E-state index contributed by atoms with van der Waals surface area (Å²) in [6, 6.07) is 3.06. The third-order valence-corrected chi connectivity index (χ3v) is 2.05. The molecule has 1 rings (SSSR count). The Morgan fingerprint density at radius 2 is 2.12 bits per heavy atom. The summed E-state index contributed by atoms with van der Waals surface area (Å²) in [5.41, 5.74) is 0.128. The van der Waals surface area contributed by atoms with Crippen LogP contribution < -0.4 is 0 Å². The maximum atomic E-state index is 11.9. The van der Waals surface area contributed by atoms with Crippen molar-refractivity contribution in [3.63, 3.8) is 0 Å². The van der Waals surface area contributed by atoms with E-state index in [2.05, 4.69) is 25.8 Å². The monoisotopic (exact) mass is 222 g/mol. The van der Waals surface area contributed by atoms with Gasteiger partial charge in [-0.1, -0.05) is 20.8 Å². The molecule has 0 atom stereocenters. The highest BCUT2D eigenvalue weighted by Gasteiger charge is 2.21. The summed E-state index contributed by atoms with van der Waals surface area (Å²) in [7, 11) is 1.71. The van der Waals surface area contributed by atoms with Crippen molar-refractivity contribution in [3.05, 3.63) is 24.0 Å². The molecule has 0 spiro atoms. The van der Waals surface area contributed by atoms with Crippen molar-refractivity contribution in [1.82, 2.24) is 9.88 Å².